The number of hydrogen-bond acceptors (Lipinski definition) is 4. The molecule has 2 aliphatic rings. The molecule has 0 aromatic carbocycles. The summed E-state index contributed by atoms with van der Waals surface area (Å²) in [6.45, 7) is 0.993. The minimum atomic E-state index is -0.117. The third kappa shape index (κ3) is 0.932. The van der Waals surface area contributed by atoms with Gasteiger partial charge in [-0.2, -0.15) is 5.26 Å². The number of ether oxygens (including phenoxy) is 2. The number of hydrogen-bond donors (Lipinski definition) is 1. The van der Waals surface area contributed by atoms with Crippen molar-refractivity contribution in [1.29, 1.82) is 5.26 Å². The van der Waals surface area contributed by atoms with Crippen LogP contribution in [0, 0.1) is 17.2 Å². The van der Waals surface area contributed by atoms with Gasteiger partial charge in [0.05, 0.1) is 31.2 Å². The minimum Gasteiger partial charge on any atom is -0.372 e. The Labute approximate surface area is 64.9 Å². The molecule has 0 radical (unpaired) electrons. The van der Waals surface area contributed by atoms with E-state index in [-0.39, 0.29) is 24.2 Å². The largest absolute Gasteiger partial charge is 0.372 e. The predicted molar refractivity (Wildman–Crippen MR) is 36.6 cm³/mol. The van der Waals surface area contributed by atoms with Crippen LogP contribution in [-0.2, 0) is 9.47 Å². The van der Waals surface area contributed by atoms with Crippen LogP contribution >= 0.6 is 0 Å². The van der Waals surface area contributed by atoms with E-state index in [9.17, 15) is 0 Å². The Kier molecular flexibility index (Phi) is 1.57. The zero-order valence-corrected chi connectivity index (χ0v) is 6.06. The second-order valence-electron chi connectivity index (χ2n) is 3.00. The van der Waals surface area contributed by atoms with Gasteiger partial charge in [0.15, 0.2) is 0 Å². The Balaban J connectivity index is 2.11. The highest BCUT2D eigenvalue weighted by molar-refractivity contribution is 5.03. The van der Waals surface area contributed by atoms with Crippen molar-refractivity contribution in [3.05, 3.63) is 0 Å². The number of fused-ring (bicyclic) bond motifs is 1. The van der Waals surface area contributed by atoms with Crippen LogP contribution in [0.5, 0.6) is 0 Å². The van der Waals surface area contributed by atoms with Crippen molar-refractivity contribution in [2.45, 2.75) is 18.2 Å². The summed E-state index contributed by atoms with van der Waals surface area (Å²) in [5, 5.41) is 8.65. The van der Waals surface area contributed by atoms with E-state index >= 15 is 0 Å². The van der Waals surface area contributed by atoms with Crippen molar-refractivity contribution in [3.63, 3.8) is 0 Å². The van der Waals surface area contributed by atoms with E-state index in [0.717, 1.165) is 0 Å². The topological polar surface area (TPSA) is 68.3 Å². The molecule has 0 spiro atoms. The Bertz CT molecular complexity index is 201. The summed E-state index contributed by atoms with van der Waals surface area (Å²) < 4.78 is 10.6. The molecule has 0 unspecified atom stereocenters. The van der Waals surface area contributed by atoms with Crippen LogP contribution in [0.25, 0.3) is 0 Å². The zero-order valence-electron chi connectivity index (χ0n) is 6.06. The average Bonchev–Trinajstić information content (AvgIpc) is 2.53. The highest BCUT2D eigenvalue weighted by atomic mass is 16.6. The average molecular weight is 154 g/mol. The molecule has 0 amide bonds. The van der Waals surface area contributed by atoms with Crippen LogP contribution < -0.4 is 5.73 Å². The quantitative estimate of drug-likeness (QED) is 0.498. The monoisotopic (exact) mass is 154 g/mol. The molecule has 2 heterocycles. The van der Waals surface area contributed by atoms with Gasteiger partial charge in [-0.25, -0.2) is 0 Å². The molecule has 0 aromatic heterocycles. The standard InChI is InChI=1S/C7H10N2O2/c8-1-4-2-10-7-5(9)3-11-6(4)7/h4-7H,2-3,9H2/t4-,5-,6+,7+/m0/s1. The fourth-order valence-electron chi connectivity index (χ4n) is 1.64. The molecule has 60 valence electrons. The number of rotatable bonds is 0. The van der Waals surface area contributed by atoms with Crippen LogP contribution in [0.3, 0.4) is 0 Å². The summed E-state index contributed by atoms with van der Waals surface area (Å²) in [6, 6.07) is 2.11. The molecule has 0 bridgehead atoms. The molecule has 4 atom stereocenters. The summed E-state index contributed by atoms with van der Waals surface area (Å²) >= 11 is 0. The molecular formula is C7H10N2O2. The van der Waals surface area contributed by atoms with Gasteiger partial charge in [0, 0.05) is 0 Å². The van der Waals surface area contributed by atoms with Gasteiger partial charge in [0.2, 0.25) is 0 Å². The lowest BCUT2D eigenvalue weighted by atomic mass is 10.0. The van der Waals surface area contributed by atoms with E-state index in [4.69, 9.17) is 20.5 Å². The molecule has 2 N–H and O–H groups in total. The van der Waals surface area contributed by atoms with E-state index in [0.29, 0.717) is 13.2 Å². The van der Waals surface area contributed by atoms with E-state index in [2.05, 4.69) is 6.07 Å². The fraction of sp³-hybridized carbons (Fsp3) is 0.857. The Hall–Kier alpha value is -0.630. The number of nitriles is 1. The molecule has 11 heavy (non-hydrogen) atoms. The van der Waals surface area contributed by atoms with Gasteiger partial charge in [0.1, 0.15) is 12.2 Å². The van der Waals surface area contributed by atoms with Gasteiger partial charge in [0.25, 0.3) is 0 Å². The van der Waals surface area contributed by atoms with Crippen molar-refractivity contribution < 1.29 is 9.47 Å². The summed E-state index contributed by atoms with van der Waals surface area (Å²) in [6.07, 6.45) is -0.116. The lowest BCUT2D eigenvalue weighted by molar-refractivity contribution is 0.0676. The van der Waals surface area contributed by atoms with Gasteiger partial charge in [-0.1, -0.05) is 0 Å². The van der Waals surface area contributed by atoms with E-state index < -0.39 is 0 Å². The van der Waals surface area contributed by atoms with Crippen LogP contribution in [0.15, 0.2) is 0 Å². The third-order valence-corrected chi connectivity index (χ3v) is 2.26. The summed E-state index contributed by atoms with van der Waals surface area (Å²) in [7, 11) is 0. The second kappa shape index (κ2) is 2.45. The van der Waals surface area contributed by atoms with E-state index in [1.165, 1.54) is 0 Å². The smallest absolute Gasteiger partial charge is 0.103 e. The van der Waals surface area contributed by atoms with Gasteiger partial charge >= 0.3 is 0 Å². The first-order chi connectivity index (χ1) is 5.33. The molecule has 2 fully saturated rings. The van der Waals surface area contributed by atoms with Gasteiger partial charge < -0.3 is 15.2 Å². The zero-order chi connectivity index (χ0) is 7.84. The predicted octanol–water partition coefficient (Wildman–Crippen LogP) is -0.749. The first kappa shape index (κ1) is 7.04. The van der Waals surface area contributed by atoms with Gasteiger partial charge in [-0.05, 0) is 0 Å². The first-order valence-electron chi connectivity index (χ1n) is 3.71. The van der Waals surface area contributed by atoms with Gasteiger partial charge in [-0.3, -0.25) is 0 Å². The van der Waals surface area contributed by atoms with Crippen molar-refractivity contribution >= 4 is 0 Å². The summed E-state index contributed by atoms with van der Waals surface area (Å²) in [5.41, 5.74) is 5.68. The van der Waals surface area contributed by atoms with Crippen LogP contribution in [0.2, 0.25) is 0 Å². The second-order valence-corrected chi connectivity index (χ2v) is 3.00. The number of nitrogens with two attached hydrogens (primary N) is 1. The van der Waals surface area contributed by atoms with Crippen molar-refractivity contribution in [3.8, 4) is 6.07 Å². The lowest BCUT2D eigenvalue weighted by Gasteiger charge is -2.09. The van der Waals surface area contributed by atoms with Crippen LogP contribution in [0.4, 0.5) is 0 Å². The van der Waals surface area contributed by atoms with E-state index in [1.54, 1.807) is 0 Å². The Morgan fingerprint density at radius 2 is 2.00 bits per heavy atom. The molecule has 0 saturated carbocycles. The normalized spacial score (nSPS) is 48.7. The lowest BCUT2D eigenvalue weighted by Crippen LogP contribution is -2.35. The van der Waals surface area contributed by atoms with Gasteiger partial charge in [-0.15, -0.1) is 0 Å². The molecule has 0 aliphatic carbocycles. The fourth-order valence-corrected chi connectivity index (χ4v) is 1.64. The van der Waals surface area contributed by atoms with Crippen molar-refractivity contribution in [2.75, 3.05) is 13.2 Å². The highest BCUT2D eigenvalue weighted by Gasteiger charge is 2.46. The summed E-state index contributed by atoms with van der Waals surface area (Å²) in [4.78, 5) is 0. The Morgan fingerprint density at radius 3 is 2.73 bits per heavy atom. The minimum absolute atomic E-state index is 0.0420. The molecule has 4 nitrogen and oxygen atoms in total. The van der Waals surface area contributed by atoms with Crippen molar-refractivity contribution in [2.24, 2.45) is 11.7 Å². The van der Waals surface area contributed by atoms with Crippen LogP contribution in [-0.4, -0.2) is 31.5 Å². The molecule has 2 saturated heterocycles. The maximum atomic E-state index is 8.65. The van der Waals surface area contributed by atoms with Crippen LogP contribution in [0.1, 0.15) is 0 Å². The third-order valence-electron chi connectivity index (χ3n) is 2.26. The van der Waals surface area contributed by atoms with Crippen molar-refractivity contribution in [1.82, 2.24) is 0 Å². The summed E-state index contributed by atoms with van der Waals surface area (Å²) in [5.74, 6) is -0.117. The molecule has 0 aromatic rings. The Morgan fingerprint density at radius 1 is 1.27 bits per heavy atom. The maximum Gasteiger partial charge on any atom is 0.103 e. The molecule has 4 heteroatoms. The molecule has 2 aliphatic heterocycles. The number of nitrogens with zero attached hydrogens (tertiary/aromatic N) is 1. The van der Waals surface area contributed by atoms with E-state index in [1.807, 2.05) is 0 Å². The maximum absolute atomic E-state index is 8.65. The molecule has 2 rings (SSSR count). The first-order valence-corrected chi connectivity index (χ1v) is 3.71. The highest BCUT2D eigenvalue weighted by Crippen LogP contribution is 2.29. The SMILES string of the molecule is N#C[C@H]1CO[C@H]2[C@@H]1OC[C@@H]2N. The molecular weight excluding hydrogens is 144 g/mol.